The van der Waals surface area contributed by atoms with Gasteiger partial charge in [0.1, 0.15) is 0 Å². The molecule has 54 valence electrons. The van der Waals surface area contributed by atoms with E-state index in [-0.39, 0.29) is 3.74 Å². The van der Waals surface area contributed by atoms with Gasteiger partial charge in [0.2, 0.25) is 0 Å². The van der Waals surface area contributed by atoms with Crippen molar-refractivity contribution >= 4 is 54.5 Å². The molecule has 0 unspecified atom stereocenters. The monoisotopic (exact) mass is 374 g/mol. The van der Waals surface area contributed by atoms with Crippen molar-refractivity contribution in [1.82, 2.24) is 0 Å². The summed E-state index contributed by atoms with van der Waals surface area (Å²) < 4.78 is 1.54. The average Bonchev–Trinajstić information content (AvgIpc) is 1.88. The van der Waals surface area contributed by atoms with E-state index in [0.717, 1.165) is 0 Å². The van der Waals surface area contributed by atoms with E-state index in [2.05, 4.69) is 72.6 Å². The van der Waals surface area contributed by atoms with Crippen molar-refractivity contribution in [3.63, 3.8) is 0 Å². The zero-order valence-corrected chi connectivity index (χ0v) is 10.4. The van der Waals surface area contributed by atoms with Crippen LogP contribution >= 0.6 is 54.5 Å². The smallest absolute Gasteiger partial charge is 0.0712 e. The molecule has 10 heavy (non-hydrogen) atoms. The molecular weight excluding hydrogens is 371 g/mol. The number of hydrogen-bond donors (Lipinski definition) is 0. The Balaban J connectivity index is 2.96. The van der Waals surface area contributed by atoms with E-state index in [0.29, 0.717) is 0 Å². The molecule has 0 nitrogen and oxygen atoms in total. The van der Waals surface area contributed by atoms with Crippen LogP contribution in [0, 0.1) is 3.57 Å². The Morgan fingerprint density at radius 1 is 1.30 bits per heavy atom. The quantitative estimate of drug-likeness (QED) is 0.512. The first kappa shape index (κ1) is 9.00. The largest absolute Gasteiger partial charge is 0.0946 e. The molecule has 0 saturated carbocycles. The first-order valence-corrected chi connectivity index (χ1v) is 5.65. The molecule has 0 spiro atoms. The summed E-state index contributed by atoms with van der Waals surface area (Å²) in [6, 6.07) is 8.34. The van der Waals surface area contributed by atoms with Gasteiger partial charge in [0, 0.05) is 3.57 Å². The van der Waals surface area contributed by atoms with Gasteiger partial charge in [0.15, 0.2) is 0 Å². The molecule has 1 aromatic carbocycles. The molecule has 0 aliphatic rings. The van der Waals surface area contributed by atoms with E-state index in [1.165, 1.54) is 9.13 Å². The lowest BCUT2D eigenvalue weighted by molar-refractivity contribution is 1.41. The maximum Gasteiger partial charge on any atom is 0.0946 e. The van der Waals surface area contributed by atoms with Crippen LogP contribution in [0.3, 0.4) is 0 Å². The Bertz CT molecular complexity index is 223. The van der Waals surface area contributed by atoms with Crippen molar-refractivity contribution in [2.75, 3.05) is 0 Å². The van der Waals surface area contributed by atoms with Crippen LogP contribution in [-0.4, -0.2) is 0 Å². The van der Waals surface area contributed by atoms with Crippen LogP contribution in [-0.2, 0) is 0 Å². The van der Waals surface area contributed by atoms with Gasteiger partial charge in [-0.15, -0.1) is 0 Å². The fourth-order valence-electron chi connectivity index (χ4n) is 0.642. The van der Waals surface area contributed by atoms with Gasteiger partial charge in [-0.2, -0.15) is 0 Å². The lowest BCUT2D eigenvalue weighted by atomic mass is 10.2. The molecule has 1 aromatic rings. The zero-order chi connectivity index (χ0) is 7.56. The van der Waals surface area contributed by atoms with Gasteiger partial charge in [0.05, 0.1) is 3.74 Å². The Hall–Kier alpha value is 0.910. The van der Waals surface area contributed by atoms with E-state index in [1.54, 1.807) is 0 Å². The molecule has 3 heteroatoms. The van der Waals surface area contributed by atoms with E-state index < -0.39 is 0 Å². The Morgan fingerprint density at radius 2 is 2.00 bits per heavy atom. The summed E-state index contributed by atoms with van der Waals surface area (Å²) in [6.45, 7) is 0. The lowest BCUT2D eigenvalue weighted by Crippen LogP contribution is -1.79. The predicted octanol–water partition coefficient (Wildman–Crippen LogP) is 4.08. The summed E-state index contributed by atoms with van der Waals surface area (Å²) in [5, 5.41) is 0. The Labute approximate surface area is 90.8 Å². The first-order valence-electron chi connectivity index (χ1n) is 2.74. The van der Waals surface area contributed by atoms with Crippen LogP contribution in [0.2, 0.25) is 0 Å². The molecule has 0 aromatic heterocycles. The molecule has 0 aliphatic heterocycles. The molecule has 0 saturated heterocycles. The van der Waals surface area contributed by atoms with Gasteiger partial charge in [-0.1, -0.05) is 44.0 Å². The van der Waals surface area contributed by atoms with E-state index in [1.807, 2.05) is 6.07 Å². The summed E-state index contributed by atoms with van der Waals surface area (Å²) >= 11 is 9.16. The predicted molar refractivity (Wildman–Crippen MR) is 59.8 cm³/mol. The van der Waals surface area contributed by atoms with Gasteiger partial charge in [0.25, 0.3) is 0 Å². The van der Waals surface area contributed by atoms with Crippen LogP contribution in [0.4, 0.5) is 0 Å². The number of halogens is 3. The third-order valence-corrected chi connectivity index (χ3v) is 2.83. The molecule has 0 amide bonds. The van der Waals surface area contributed by atoms with E-state index in [4.69, 9.17) is 0 Å². The van der Waals surface area contributed by atoms with Crippen molar-refractivity contribution in [3.8, 4) is 0 Å². The van der Waals surface area contributed by atoms with Gasteiger partial charge in [-0.25, -0.2) is 0 Å². The molecule has 0 radical (unpaired) electrons. The van der Waals surface area contributed by atoms with Crippen molar-refractivity contribution < 1.29 is 0 Å². The molecule has 0 aliphatic carbocycles. The number of benzene rings is 1. The summed E-state index contributed by atoms with van der Waals surface area (Å²) in [5.41, 5.74) is 1.26. The van der Waals surface area contributed by atoms with Crippen LogP contribution in [0.1, 0.15) is 9.30 Å². The van der Waals surface area contributed by atoms with Gasteiger partial charge in [-0.05, 0) is 40.3 Å². The molecule has 0 N–H and O–H groups in total. The van der Waals surface area contributed by atoms with Crippen LogP contribution in [0.5, 0.6) is 0 Å². The second-order valence-electron chi connectivity index (χ2n) is 1.86. The molecule has 0 heterocycles. The Kier molecular flexibility index (Phi) is 3.66. The minimum atomic E-state index is 0.273. The van der Waals surface area contributed by atoms with Crippen molar-refractivity contribution in [2.24, 2.45) is 0 Å². The lowest BCUT2D eigenvalue weighted by Gasteiger charge is -2.00. The highest BCUT2D eigenvalue weighted by Crippen LogP contribution is 2.29. The highest BCUT2D eigenvalue weighted by Gasteiger charge is 2.00. The number of rotatable bonds is 1. The second kappa shape index (κ2) is 4.07. The Morgan fingerprint density at radius 3 is 2.40 bits per heavy atom. The third-order valence-electron chi connectivity index (χ3n) is 1.10. The number of hydrogen-bond acceptors (Lipinski definition) is 0. The van der Waals surface area contributed by atoms with Crippen molar-refractivity contribution in [3.05, 3.63) is 33.4 Å². The summed E-state index contributed by atoms with van der Waals surface area (Å²) in [5.74, 6) is 0. The highest BCUT2D eigenvalue weighted by atomic mass is 127. The van der Waals surface area contributed by atoms with E-state index >= 15 is 0 Å². The summed E-state index contributed by atoms with van der Waals surface area (Å²) in [6.07, 6.45) is 0. The second-order valence-corrected chi connectivity index (χ2v) is 6.16. The van der Waals surface area contributed by atoms with Gasteiger partial charge < -0.3 is 0 Å². The van der Waals surface area contributed by atoms with Gasteiger partial charge in [-0.3, -0.25) is 0 Å². The molecular formula is C7H5Br2I. The molecule has 0 bridgehead atoms. The normalized spacial score (nSPS) is 10.4. The summed E-state index contributed by atoms with van der Waals surface area (Å²) in [4.78, 5) is 0. The highest BCUT2D eigenvalue weighted by molar-refractivity contribution is 14.1. The SMILES string of the molecule is BrC(Br)c1cccc(I)c1. The van der Waals surface area contributed by atoms with Crippen molar-refractivity contribution in [2.45, 2.75) is 3.74 Å². The first-order chi connectivity index (χ1) is 4.70. The molecule has 1 rings (SSSR count). The average molecular weight is 376 g/mol. The topological polar surface area (TPSA) is 0 Å². The molecule has 0 fully saturated rings. The van der Waals surface area contributed by atoms with Crippen LogP contribution < -0.4 is 0 Å². The third kappa shape index (κ3) is 2.51. The fourth-order valence-corrected chi connectivity index (χ4v) is 1.78. The standard InChI is InChI=1S/C7H5Br2I/c8-7(9)5-2-1-3-6(10)4-5/h1-4,7H. The van der Waals surface area contributed by atoms with Gasteiger partial charge >= 0.3 is 0 Å². The van der Waals surface area contributed by atoms with Crippen molar-refractivity contribution in [1.29, 1.82) is 0 Å². The molecule has 0 atom stereocenters. The van der Waals surface area contributed by atoms with Crippen LogP contribution in [0.15, 0.2) is 24.3 Å². The maximum atomic E-state index is 3.43. The van der Waals surface area contributed by atoms with E-state index in [9.17, 15) is 0 Å². The minimum Gasteiger partial charge on any atom is -0.0712 e. The summed E-state index contributed by atoms with van der Waals surface area (Å²) in [7, 11) is 0. The maximum absolute atomic E-state index is 3.43. The fraction of sp³-hybridized carbons (Fsp3) is 0.143. The number of alkyl halides is 2. The zero-order valence-electron chi connectivity index (χ0n) is 5.02. The van der Waals surface area contributed by atoms with Crippen LogP contribution in [0.25, 0.3) is 0 Å². The minimum absolute atomic E-state index is 0.273.